The molecule has 1 aromatic carbocycles. The molecule has 0 aromatic heterocycles. The largest absolute Gasteiger partial charge is 0.391 e. The van der Waals surface area contributed by atoms with Gasteiger partial charge in [0.2, 0.25) is 0 Å². The first kappa shape index (κ1) is 16.1. The lowest BCUT2D eigenvalue weighted by Crippen LogP contribution is -2.56. The van der Waals surface area contributed by atoms with Crippen molar-refractivity contribution in [2.45, 2.75) is 39.2 Å². The third kappa shape index (κ3) is 3.54. The van der Waals surface area contributed by atoms with Crippen LogP contribution in [0.2, 0.25) is 0 Å². The van der Waals surface area contributed by atoms with Crippen molar-refractivity contribution >= 4 is 39.0 Å². The van der Waals surface area contributed by atoms with Gasteiger partial charge in [-0.1, -0.05) is 37.7 Å². The van der Waals surface area contributed by atoms with Crippen molar-refractivity contribution in [3.05, 3.63) is 33.8 Å². The van der Waals surface area contributed by atoms with E-state index in [2.05, 4.69) is 21.2 Å². The molecule has 0 aliphatic rings. The van der Waals surface area contributed by atoms with E-state index in [0.29, 0.717) is 23.4 Å². The van der Waals surface area contributed by atoms with Gasteiger partial charge in [-0.2, -0.15) is 0 Å². The summed E-state index contributed by atoms with van der Waals surface area (Å²) in [6.45, 7) is 5.88. The van der Waals surface area contributed by atoms with Crippen LogP contribution in [0.3, 0.4) is 0 Å². The van der Waals surface area contributed by atoms with Crippen molar-refractivity contribution in [1.29, 1.82) is 0 Å². The number of thiocarbonyl (C=S) groups is 1. The average molecular weight is 343 g/mol. The van der Waals surface area contributed by atoms with Crippen LogP contribution in [-0.2, 0) is 0 Å². The normalized spacial score (nSPS) is 11.2. The summed E-state index contributed by atoms with van der Waals surface area (Å²) in [6, 6.07) is 5.65. The zero-order chi connectivity index (χ0) is 14.6. The number of hydrogen-bond acceptors (Lipinski definition) is 2. The fourth-order valence-corrected chi connectivity index (χ4v) is 2.70. The Labute approximate surface area is 128 Å². The number of hydrogen-bond donors (Lipinski definition) is 2. The van der Waals surface area contributed by atoms with Crippen LogP contribution in [0.15, 0.2) is 22.7 Å². The molecule has 104 valence electrons. The van der Waals surface area contributed by atoms with Gasteiger partial charge in [-0.3, -0.25) is 4.79 Å². The standard InChI is InChI=1S/C14H19BrN2OS/c1-4-14(5-2,13(16)19)17-12(18)10-8-9(3)6-7-11(10)15/h6-8H,4-5H2,1-3H3,(H2,16,19)(H,17,18). The number of amides is 1. The number of carbonyl (C=O) groups excluding carboxylic acids is 1. The lowest BCUT2D eigenvalue weighted by Gasteiger charge is -2.31. The average Bonchev–Trinajstić information content (AvgIpc) is 2.38. The van der Waals surface area contributed by atoms with E-state index in [9.17, 15) is 4.79 Å². The van der Waals surface area contributed by atoms with Gasteiger partial charge >= 0.3 is 0 Å². The molecule has 1 rings (SSSR count). The third-order valence-electron chi connectivity index (χ3n) is 3.40. The molecule has 0 saturated carbocycles. The second kappa shape index (κ2) is 6.48. The maximum absolute atomic E-state index is 12.4. The van der Waals surface area contributed by atoms with Crippen molar-refractivity contribution in [3.63, 3.8) is 0 Å². The first-order valence-corrected chi connectivity index (χ1v) is 7.45. The van der Waals surface area contributed by atoms with Crippen LogP contribution in [0.4, 0.5) is 0 Å². The minimum atomic E-state index is -0.615. The van der Waals surface area contributed by atoms with E-state index in [-0.39, 0.29) is 5.91 Å². The predicted octanol–water partition coefficient (Wildman–Crippen LogP) is 3.33. The molecule has 1 amide bonds. The Morgan fingerprint density at radius 2 is 2.00 bits per heavy atom. The smallest absolute Gasteiger partial charge is 0.253 e. The van der Waals surface area contributed by atoms with Crippen LogP contribution in [0.1, 0.15) is 42.6 Å². The lowest BCUT2D eigenvalue weighted by atomic mass is 9.92. The Morgan fingerprint density at radius 1 is 1.42 bits per heavy atom. The molecule has 0 atom stereocenters. The highest BCUT2D eigenvalue weighted by atomic mass is 79.9. The molecular formula is C14H19BrN2OS. The topological polar surface area (TPSA) is 55.1 Å². The van der Waals surface area contributed by atoms with E-state index in [1.807, 2.05) is 39.0 Å². The molecule has 19 heavy (non-hydrogen) atoms. The molecule has 5 heteroatoms. The molecule has 0 aliphatic carbocycles. The van der Waals surface area contributed by atoms with Crippen molar-refractivity contribution < 1.29 is 4.79 Å². The Kier molecular flexibility index (Phi) is 5.50. The van der Waals surface area contributed by atoms with Crippen molar-refractivity contribution in [2.24, 2.45) is 5.73 Å². The molecule has 0 radical (unpaired) electrons. The Balaban J connectivity index is 3.07. The first-order chi connectivity index (χ1) is 8.86. The predicted molar refractivity (Wildman–Crippen MR) is 86.4 cm³/mol. The summed E-state index contributed by atoms with van der Waals surface area (Å²) in [7, 11) is 0. The Bertz CT molecular complexity index is 498. The Hall–Kier alpha value is -0.940. The van der Waals surface area contributed by atoms with Gasteiger partial charge in [0.15, 0.2) is 0 Å². The van der Waals surface area contributed by atoms with Crippen LogP contribution in [0, 0.1) is 6.92 Å². The van der Waals surface area contributed by atoms with E-state index in [1.54, 1.807) is 0 Å². The number of carbonyl (C=O) groups is 1. The number of halogens is 1. The molecule has 0 unspecified atom stereocenters. The van der Waals surface area contributed by atoms with E-state index in [4.69, 9.17) is 18.0 Å². The van der Waals surface area contributed by atoms with Gasteiger partial charge < -0.3 is 11.1 Å². The molecule has 3 N–H and O–H groups in total. The molecule has 3 nitrogen and oxygen atoms in total. The summed E-state index contributed by atoms with van der Waals surface area (Å²) in [5, 5.41) is 2.98. The second-order valence-electron chi connectivity index (χ2n) is 4.59. The van der Waals surface area contributed by atoms with Gasteiger partial charge in [-0.15, -0.1) is 0 Å². The van der Waals surface area contributed by atoms with Gasteiger partial charge in [-0.25, -0.2) is 0 Å². The summed E-state index contributed by atoms with van der Waals surface area (Å²) >= 11 is 8.50. The van der Waals surface area contributed by atoms with E-state index >= 15 is 0 Å². The number of nitrogens with two attached hydrogens (primary N) is 1. The molecule has 0 bridgehead atoms. The SMILES string of the molecule is CCC(CC)(NC(=O)c1cc(C)ccc1Br)C(N)=S. The molecule has 0 heterocycles. The maximum Gasteiger partial charge on any atom is 0.253 e. The quantitative estimate of drug-likeness (QED) is 0.807. The fourth-order valence-electron chi connectivity index (χ4n) is 1.93. The lowest BCUT2D eigenvalue weighted by molar-refractivity contribution is 0.0919. The molecule has 0 aliphatic heterocycles. The number of aryl methyl sites for hydroxylation is 1. The van der Waals surface area contributed by atoms with Crippen molar-refractivity contribution in [1.82, 2.24) is 5.32 Å². The van der Waals surface area contributed by atoms with Gasteiger partial charge in [0.1, 0.15) is 0 Å². The number of benzene rings is 1. The van der Waals surface area contributed by atoms with E-state index < -0.39 is 5.54 Å². The zero-order valence-electron chi connectivity index (χ0n) is 11.4. The van der Waals surface area contributed by atoms with E-state index in [1.165, 1.54) is 0 Å². The molecule has 0 spiro atoms. The minimum Gasteiger partial charge on any atom is -0.391 e. The highest BCUT2D eigenvalue weighted by Gasteiger charge is 2.32. The second-order valence-corrected chi connectivity index (χ2v) is 5.89. The summed E-state index contributed by atoms with van der Waals surface area (Å²) in [5.74, 6) is -0.160. The highest BCUT2D eigenvalue weighted by Crippen LogP contribution is 2.21. The fraction of sp³-hybridized carbons (Fsp3) is 0.429. The Morgan fingerprint density at radius 3 is 2.47 bits per heavy atom. The first-order valence-electron chi connectivity index (χ1n) is 6.25. The van der Waals surface area contributed by atoms with Crippen LogP contribution in [-0.4, -0.2) is 16.4 Å². The summed E-state index contributed by atoms with van der Waals surface area (Å²) < 4.78 is 0.764. The molecule has 0 saturated heterocycles. The summed E-state index contributed by atoms with van der Waals surface area (Å²) in [6.07, 6.45) is 1.35. The van der Waals surface area contributed by atoms with Crippen molar-refractivity contribution in [3.8, 4) is 0 Å². The van der Waals surface area contributed by atoms with Crippen molar-refractivity contribution in [2.75, 3.05) is 0 Å². The van der Waals surface area contributed by atoms with Gasteiger partial charge in [0.05, 0.1) is 16.1 Å². The third-order valence-corrected chi connectivity index (χ3v) is 4.48. The van der Waals surface area contributed by atoms with Crippen LogP contribution in [0.25, 0.3) is 0 Å². The van der Waals surface area contributed by atoms with Crippen LogP contribution in [0.5, 0.6) is 0 Å². The zero-order valence-corrected chi connectivity index (χ0v) is 13.8. The number of rotatable bonds is 5. The highest BCUT2D eigenvalue weighted by molar-refractivity contribution is 9.10. The molecule has 1 aromatic rings. The summed E-state index contributed by atoms with van der Waals surface area (Å²) in [5.41, 5.74) is 6.81. The van der Waals surface area contributed by atoms with Crippen LogP contribution >= 0.6 is 28.1 Å². The van der Waals surface area contributed by atoms with Crippen LogP contribution < -0.4 is 11.1 Å². The molecule has 0 fully saturated rings. The minimum absolute atomic E-state index is 0.160. The molecular weight excluding hydrogens is 324 g/mol. The van der Waals surface area contributed by atoms with Gasteiger partial charge in [0.25, 0.3) is 5.91 Å². The maximum atomic E-state index is 12.4. The number of nitrogens with one attached hydrogen (secondary N) is 1. The monoisotopic (exact) mass is 342 g/mol. The van der Waals surface area contributed by atoms with Gasteiger partial charge in [-0.05, 0) is 47.8 Å². The van der Waals surface area contributed by atoms with E-state index in [0.717, 1.165) is 10.0 Å². The summed E-state index contributed by atoms with van der Waals surface area (Å²) in [4.78, 5) is 12.7. The van der Waals surface area contributed by atoms with Gasteiger partial charge in [0, 0.05) is 4.47 Å².